The molecule has 2 heterocycles. The summed E-state index contributed by atoms with van der Waals surface area (Å²) in [6, 6.07) is 7.82. The molecule has 23 heavy (non-hydrogen) atoms. The van der Waals surface area contributed by atoms with Gasteiger partial charge in [0.05, 0.1) is 0 Å². The lowest BCUT2D eigenvalue weighted by Crippen LogP contribution is -2.45. The summed E-state index contributed by atoms with van der Waals surface area (Å²) in [5.41, 5.74) is 0.211. The Labute approximate surface area is 136 Å². The maximum Gasteiger partial charge on any atom is 0.315 e. The van der Waals surface area contributed by atoms with E-state index in [9.17, 15) is 9.90 Å². The van der Waals surface area contributed by atoms with Crippen LogP contribution in [0.2, 0.25) is 0 Å². The minimum absolute atomic E-state index is 0.00221. The number of carboxylic acids is 1. The van der Waals surface area contributed by atoms with Gasteiger partial charge in [-0.2, -0.15) is 0 Å². The van der Waals surface area contributed by atoms with Crippen molar-refractivity contribution in [3.63, 3.8) is 0 Å². The van der Waals surface area contributed by atoms with Gasteiger partial charge in [0.25, 0.3) is 0 Å². The summed E-state index contributed by atoms with van der Waals surface area (Å²) in [4.78, 5) is 14.3. The van der Waals surface area contributed by atoms with E-state index >= 15 is 0 Å². The van der Waals surface area contributed by atoms with Gasteiger partial charge in [-0.1, -0.05) is 31.0 Å². The van der Waals surface area contributed by atoms with E-state index in [0.29, 0.717) is 6.54 Å². The van der Waals surface area contributed by atoms with Crippen LogP contribution in [-0.4, -0.2) is 53.9 Å². The predicted octanol–water partition coefficient (Wildman–Crippen LogP) is 2.10. The fourth-order valence-electron chi connectivity index (χ4n) is 3.90. The Balaban J connectivity index is 1.70. The Kier molecular flexibility index (Phi) is 4.87. The lowest BCUT2D eigenvalue weighted by atomic mass is 9.73. The van der Waals surface area contributed by atoms with Crippen molar-refractivity contribution in [3.05, 3.63) is 29.8 Å². The largest absolute Gasteiger partial charge is 0.492 e. The molecule has 0 radical (unpaired) electrons. The number of nitrogens with zero attached hydrogens (tertiary/aromatic N) is 1. The highest BCUT2D eigenvalue weighted by molar-refractivity contribution is 5.78. The van der Waals surface area contributed by atoms with Crippen LogP contribution in [-0.2, 0) is 4.79 Å². The second kappa shape index (κ2) is 6.89. The first-order chi connectivity index (χ1) is 11.2. The molecule has 2 aliphatic rings. The normalized spacial score (nSPS) is 26.4. The van der Waals surface area contributed by atoms with E-state index in [1.807, 2.05) is 24.3 Å². The van der Waals surface area contributed by atoms with E-state index in [1.165, 1.54) is 0 Å². The molecule has 5 heteroatoms. The standard InChI is InChI=1S/C18H25NO4/c20-10-6-2-1-5-9-19-11-15-14-7-3-4-8-16(14)23-13-18(15,12-19)17(21)22/h3-4,7-8,15,20H,1-2,5-6,9-13H2,(H,21,22)/t15-,18-/m1/s1. The number of ether oxygens (including phenoxy) is 1. The number of aliphatic hydroxyl groups excluding tert-OH is 1. The summed E-state index contributed by atoms with van der Waals surface area (Å²) < 4.78 is 5.77. The lowest BCUT2D eigenvalue weighted by Gasteiger charge is -2.35. The molecule has 1 saturated heterocycles. The summed E-state index contributed by atoms with van der Waals surface area (Å²) in [7, 11) is 0. The Morgan fingerprint density at radius 3 is 2.83 bits per heavy atom. The van der Waals surface area contributed by atoms with Crippen molar-refractivity contribution >= 4 is 5.97 Å². The zero-order valence-corrected chi connectivity index (χ0v) is 13.4. The highest BCUT2D eigenvalue weighted by atomic mass is 16.5. The minimum Gasteiger partial charge on any atom is -0.492 e. The van der Waals surface area contributed by atoms with Crippen LogP contribution in [0.5, 0.6) is 5.75 Å². The molecule has 2 N–H and O–H groups in total. The molecule has 126 valence electrons. The average Bonchev–Trinajstić information content (AvgIpc) is 2.95. The van der Waals surface area contributed by atoms with Crippen molar-refractivity contribution < 1.29 is 19.7 Å². The highest BCUT2D eigenvalue weighted by Crippen LogP contribution is 2.49. The van der Waals surface area contributed by atoms with Crippen molar-refractivity contribution in [1.82, 2.24) is 4.90 Å². The van der Waals surface area contributed by atoms with E-state index in [2.05, 4.69) is 4.90 Å². The third-order valence-corrected chi connectivity index (χ3v) is 5.20. The first kappa shape index (κ1) is 16.3. The first-order valence-corrected chi connectivity index (χ1v) is 8.46. The van der Waals surface area contributed by atoms with Crippen LogP contribution in [0.1, 0.15) is 37.2 Å². The Bertz CT molecular complexity index is 562. The molecule has 0 spiro atoms. The number of carboxylic acid groups (broad SMARTS) is 1. The van der Waals surface area contributed by atoms with Gasteiger partial charge in [-0.25, -0.2) is 0 Å². The number of benzene rings is 1. The topological polar surface area (TPSA) is 70.0 Å². The molecule has 0 saturated carbocycles. The van der Waals surface area contributed by atoms with E-state index in [4.69, 9.17) is 9.84 Å². The summed E-state index contributed by atoms with van der Waals surface area (Å²) in [5, 5.41) is 18.7. The number of aliphatic hydroxyl groups is 1. The quantitative estimate of drug-likeness (QED) is 0.753. The SMILES string of the molecule is O=C(O)[C@]12COc3ccccc3[C@H]1CN(CCCCCCO)C2. The summed E-state index contributed by atoms with van der Waals surface area (Å²) >= 11 is 0. The van der Waals surface area contributed by atoms with Crippen molar-refractivity contribution in [2.24, 2.45) is 5.41 Å². The van der Waals surface area contributed by atoms with Crippen LogP contribution in [0, 0.1) is 5.41 Å². The van der Waals surface area contributed by atoms with E-state index in [0.717, 1.165) is 50.1 Å². The zero-order valence-electron chi connectivity index (χ0n) is 13.4. The molecule has 2 atom stereocenters. The molecule has 3 rings (SSSR count). The monoisotopic (exact) mass is 319 g/mol. The van der Waals surface area contributed by atoms with Gasteiger partial charge in [0.15, 0.2) is 0 Å². The third kappa shape index (κ3) is 3.08. The van der Waals surface area contributed by atoms with Gasteiger partial charge in [0, 0.05) is 25.6 Å². The van der Waals surface area contributed by atoms with Crippen molar-refractivity contribution in [3.8, 4) is 5.75 Å². The number of hydrogen-bond acceptors (Lipinski definition) is 4. The Morgan fingerprint density at radius 2 is 2.04 bits per heavy atom. The van der Waals surface area contributed by atoms with Gasteiger partial charge in [0.2, 0.25) is 0 Å². The maximum absolute atomic E-state index is 12.0. The summed E-state index contributed by atoms with van der Waals surface area (Å²) in [6.45, 7) is 2.76. The number of likely N-dealkylation sites (tertiary alicyclic amines) is 1. The molecule has 0 unspecified atom stereocenters. The summed E-state index contributed by atoms with van der Waals surface area (Å²) in [6.07, 6.45) is 4.01. The van der Waals surface area contributed by atoms with E-state index in [1.54, 1.807) is 0 Å². The molecule has 5 nitrogen and oxygen atoms in total. The van der Waals surface area contributed by atoms with Crippen molar-refractivity contribution in [1.29, 1.82) is 0 Å². The molecule has 0 bridgehead atoms. The molecular weight excluding hydrogens is 294 g/mol. The second-order valence-corrected chi connectivity index (χ2v) is 6.71. The van der Waals surface area contributed by atoms with E-state index < -0.39 is 11.4 Å². The number of aliphatic carboxylic acids is 1. The smallest absolute Gasteiger partial charge is 0.315 e. The van der Waals surface area contributed by atoms with Gasteiger partial charge in [0.1, 0.15) is 17.8 Å². The number of fused-ring (bicyclic) bond motifs is 3. The summed E-state index contributed by atoms with van der Waals surface area (Å²) in [5.74, 6) is 0.0846. The van der Waals surface area contributed by atoms with Gasteiger partial charge < -0.3 is 19.8 Å². The number of hydrogen-bond donors (Lipinski definition) is 2. The highest BCUT2D eigenvalue weighted by Gasteiger charge is 2.56. The molecule has 0 aliphatic carbocycles. The molecule has 0 amide bonds. The van der Waals surface area contributed by atoms with Crippen molar-refractivity contribution in [2.75, 3.05) is 32.8 Å². The molecule has 2 aliphatic heterocycles. The van der Waals surface area contributed by atoms with Crippen LogP contribution >= 0.6 is 0 Å². The first-order valence-electron chi connectivity index (χ1n) is 8.46. The third-order valence-electron chi connectivity index (χ3n) is 5.20. The minimum atomic E-state index is -0.820. The maximum atomic E-state index is 12.0. The zero-order chi connectivity index (χ0) is 16.3. The number of para-hydroxylation sites is 1. The van der Waals surface area contributed by atoms with Gasteiger partial charge in [-0.15, -0.1) is 0 Å². The molecule has 1 aromatic rings. The van der Waals surface area contributed by atoms with Crippen LogP contribution < -0.4 is 4.74 Å². The predicted molar refractivity (Wildman–Crippen MR) is 86.7 cm³/mol. The number of rotatable bonds is 7. The molecule has 1 aromatic carbocycles. The van der Waals surface area contributed by atoms with Crippen LogP contribution in [0.4, 0.5) is 0 Å². The van der Waals surface area contributed by atoms with Gasteiger partial charge in [-0.3, -0.25) is 4.79 Å². The number of carbonyl (C=O) groups is 1. The lowest BCUT2D eigenvalue weighted by molar-refractivity contribution is -0.151. The molecule has 0 aromatic heterocycles. The molecule has 1 fully saturated rings. The number of unbranched alkanes of at least 4 members (excludes halogenated alkanes) is 3. The average molecular weight is 319 g/mol. The van der Waals surface area contributed by atoms with Gasteiger partial charge >= 0.3 is 5.97 Å². The van der Waals surface area contributed by atoms with Crippen LogP contribution in [0.25, 0.3) is 0 Å². The van der Waals surface area contributed by atoms with Crippen molar-refractivity contribution in [2.45, 2.75) is 31.6 Å². The second-order valence-electron chi connectivity index (χ2n) is 6.71. The van der Waals surface area contributed by atoms with Gasteiger partial charge in [-0.05, 0) is 31.0 Å². The van der Waals surface area contributed by atoms with Crippen LogP contribution in [0.3, 0.4) is 0 Å². The van der Waals surface area contributed by atoms with E-state index in [-0.39, 0.29) is 19.1 Å². The fraction of sp³-hybridized carbons (Fsp3) is 0.611. The fourth-order valence-corrected chi connectivity index (χ4v) is 3.90. The van der Waals surface area contributed by atoms with Crippen LogP contribution in [0.15, 0.2) is 24.3 Å². The Morgan fingerprint density at radius 1 is 1.26 bits per heavy atom. The molecular formula is C18H25NO4. The Hall–Kier alpha value is -1.59.